The van der Waals surface area contributed by atoms with Crippen LogP contribution in [0, 0.1) is 0 Å². The number of amides is 1. The molecule has 0 saturated carbocycles. The molecule has 2 aromatic carbocycles. The molecule has 170 valence electrons. The van der Waals surface area contributed by atoms with E-state index in [9.17, 15) is 18.0 Å². The summed E-state index contributed by atoms with van der Waals surface area (Å²) < 4.78 is 40.9. The second-order valence-corrected chi connectivity index (χ2v) is 8.15. The van der Waals surface area contributed by atoms with Gasteiger partial charge in [0.05, 0.1) is 12.1 Å². The van der Waals surface area contributed by atoms with Crippen LogP contribution in [0.4, 0.5) is 18.9 Å². The third-order valence-corrected chi connectivity index (χ3v) is 5.49. The molecule has 4 N–H and O–H groups in total. The number of nitrogen functional groups attached to an aromatic ring is 1. The van der Waals surface area contributed by atoms with Gasteiger partial charge in [-0.3, -0.25) is 9.80 Å². The third-order valence-electron chi connectivity index (χ3n) is 4.52. The molecule has 0 unspecified atom stereocenters. The average molecular weight is 466 g/mol. The molecule has 0 atom stereocenters. The number of alkyl halides is 3. The lowest BCUT2D eigenvalue weighted by Gasteiger charge is -2.17. The summed E-state index contributed by atoms with van der Waals surface area (Å²) in [5.74, 6) is 5.13. The van der Waals surface area contributed by atoms with Crippen LogP contribution in [-0.4, -0.2) is 27.5 Å². The number of carbonyl (C=O) groups excluding carboxylic acids is 1. The molecule has 0 saturated heterocycles. The van der Waals surface area contributed by atoms with Crippen molar-refractivity contribution in [2.75, 3.05) is 5.73 Å². The number of hydrazine groups is 1. The summed E-state index contributed by atoms with van der Waals surface area (Å²) in [5, 5.41) is 10.7. The van der Waals surface area contributed by atoms with Crippen LogP contribution in [0.3, 0.4) is 0 Å². The fourth-order valence-electron chi connectivity index (χ4n) is 2.92. The highest BCUT2D eigenvalue weighted by molar-refractivity contribution is 7.11. The van der Waals surface area contributed by atoms with E-state index in [1.54, 1.807) is 18.2 Å². The van der Waals surface area contributed by atoms with Crippen LogP contribution < -0.4 is 16.3 Å². The Bertz CT molecular complexity index is 1070. The minimum absolute atomic E-state index is 0.0791. The molecule has 3 rings (SSSR count). The average Bonchev–Trinajstić information content (AvgIpc) is 3.18. The number of hydrogen-bond donors (Lipinski definition) is 2. The molecule has 3 aromatic rings. The Morgan fingerprint density at radius 3 is 2.41 bits per heavy atom. The first-order chi connectivity index (χ1) is 15.2. The predicted molar refractivity (Wildman–Crippen MR) is 116 cm³/mol. The summed E-state index contributed by atoms with van der Waals surface area (Å²) in [6.07, 6.45) is -1.89. The topological polar surface area (TPSA) is 107 Å². The van der Waals surface area contributed by atoms with Crippen molar-refractivity contribution < 1.29 is 22.7 Å². The van der Waals surface area contributed by atoms with E-state index < -0.39 is 12.3 Å². The Hall–Kier alpha value is -3.18. The second-order valence-electron chi connectivity index (χ2n) is 7.00. The molecule has 1 heterocycles. The van der Waals surface area contributed by atoms with Crippen molar-refractivity contribution in [1.29, 1.82) is 0 Å². The lowest BCUT2D eigenvalue weighted by molar-refractivity contribution is -0.274. The lowest BCUT2D eigenvalue weighted by atomic mass is 10.0. The van der Waals surface area contributed by atoms with Crippen LogP contribution >= 0.6 is 11.3 Å². The van der Waals surface area contributed by atoms with E-state index in [-0.39, 0.29) is 23.5 Å². The maximum atomic E-state index is 12.9. The molecule has 32 heavy (non-hydrogen) atoms. The molecular weight excluding hydrogens is 443 g/mol. The van der Waals surface area contributed by atoms with Crippen LogP contribution in [-0.2, 0) is 13.0 Å². The van der Waals surface area contributed by atoms with Crippen molar-refractivity contribution in [2.45, 2.75) is 39.1 Å². The van der Waals surface area contributed by atoms with Gasteiger partial charge < -0.3 is 10.5 Å². The Kier molecular flexibility index (Phi) is 7.31. The number of nitrogens with zero attached hydrogens (tertiary/aromatic N) is 3. The Balaban J connectivity index is 1.74. The van der Waals surface area contributed by atoms with E-state index in [1.165, 1.54) is 35.6 Å². The summed E-state index contributed by atoms with van der Waals surface area (Å²) in [5.41, 5.74) is 7.56. The van der Waals surface area contributed by atoms with Crippen molar-refractivity contribution in [3.8, 4) is 16.9 Å². The van der Waals surface area contributed by atoms with Crippen molar-refractivity contribution in [2.24, 2.45) is 5.84 Å². The van der Waals surface area contributed by atoms with Gasteiger partial charge in [-0.15, -0.1) is 23.4 Å². The normalized spacial score (nSPS) is 11.4. The van der Waals surface area contributed by atoms with Crippen LogP contribution in [0.5, 0.6) is 5.75 Å². The van der Waals surface area contributed by atoms with Gasteiger partial charge in [-0.05, 0) is 41.8 Å². The van der Waals surface area contributed by atoms with Gasteiger partial charge in [-0.25, -0.2) is 5.84 Å². The third kappa shape index (κ3) is 6.17. The van der Waals surface area contributed by atoms with Gasteiger partial charge in [0.25, 0.3) is 5.91 Å². The fourth-order valence-corrected chi connectivity index (χ4v) is 3.81. The van der Waals surface area contributed by atoms with E-state index in [1.807, 2.05) is 0 Å². The van der Waals surface area contributed by atoms with Gasteiger partial charge >= 0.3 is 6.36 Å². The number of anilines is 1. The predicted octanol–water partition coefficient (Wildman–Crippen LogP) is 4.54. The zero-order valence-electron chi connectivity index (χ0n) is 17.2. The molecule has 0 radical (unpaired) electrons. The van der Waals surface area contributed by atoms with E-state index >= 15 is 0 Å². The number of unbranched alkanes of at least 4 members (excludes halogenated alkanes) is 1. The maximum Gasteiger partial charge on any atom is 0.573 e. The summed E-state index contributed by atoms with van der Waals surface area (Å²) >= 11 is 1.40. The maximum absolute atomic E-state index is 12.9. The molecule has 11 heteroatoms. The molecule has 0 fully saturated rings. The minimum Gasteiger partial charge on any atom is -0.406 e. The number of benzene rings is 2. The van der Waals surface area contributed by atoms with Gasteiger partial charge in [0, 0.05) is 12.1 Å². The second kappa shape index (κ2) is 9.96. The summed E-state index contributed by atoms with van der Waals surface area (Å²) in [7, 11) is 0. The Morgan fingerprint density at radius 1 is 1.09 bits per heavy atom. The highest BCUT2D eigenvalue weighted by Gasteiger charge is 2.31. The van der Waals surface area contributed by atoms with E-state index in [0.29, 0.717) is 16.1 Å². The molecule has 1 amide bonds. The van der Waals surface area contributed by atoms with Crippen molar-refractivity contribution in [3.63, 3.8) is 0 Å². The molecule has 7 nitrogen and oxygen atoms in total. The number of ether oxygens (including phenoxy) is 1. The first-order valence-corrected chi connectivity index (χ1v) is 10.6. The minimum atomic E-state index is -4.77. The summed E-state index contributed by atoms with van der Waals surface area (Å²) in [4.78, 5) is 12.9. The Labute approximate surface area is 186 Å². The fraction of sp³-hybridized carbons (Fsp3) is 0.286. The zero-order valence-corrected chi connectivity index (χ0v) is 18.0. The van der Waals surface area contributed by atoms with Gasteiger partial charge in [0.1, 0.15) is 15.8 Å². The standard InChI is InChI=1S/C21H22F3N5O2S/c1-2-3-4-18-27-28-19(32-18)12-29(26)20(30)16-11-14(7-10-17(16)25)13-5-8-15(9-6-13)31-21(22,23)24/h5-11H,2-4,12,25-26H2,1H3. The molecule has 0 bridgehead atoms. The van der Waals surface area contributed by atoms with E-state index in [0.717, 1.165) is 29.3 Å². The van der Waals surface area contributed by atoms with Crippen molar-refractivity contribution in [3.05, 3.63) is 58.0 Å². The number of hydrogen-bond acceptors (Lipinski definition) is 7. The van der Waals surface area contributed by atoms with Crippen LogP contribution in [0.25, 0.3) is 11.1 Å². The first-order valence-electron chi connectivity index (χ1n) is 9.80. The Morgan fingerprint density at radius 2 is 1.75 bits per heavy atom. The van der Waals surface area contributed by atoms with Gasteiger partial charge in [-0.1, -0.05) is 42.9 Å². The molecule has 0 aliphatic carbocycles. The van der Waals surface area contributed by atoms with Crippen molar-refractivity contribution in [1.82, 2.24) is 15.2 Å². The first kappa shape index (κ1) is 23.5. The van der Waals surface area contributed by atoms with Crippen LogP contribution in [0.1, 0.15) is 40.1 Å². The number of aromatic nitrogens is 2. The summed E-state index contributed by atoms with van der Waals surface area (Å²) in [6, 6.07) is 10.1. The molecule has 0 spiro atoms. The lowest BCUT2D eigenvalue weighted by Crippen LogP contribution is -2.37. The zero-order chi connectivity index (χ0) is 23.3. The number of nitrogens with two attached hydrogens (primary N) is 2. The number of carbonyl (C=O) groups is 1. The quantitative estimate of drug-likeness (QED) is 0.219. The van der Waals surface area contributed by atoms with E-state index in [4.69, 9.17) is 11.6 Å². The summed E-state index contributed by atoms with van der Waals surface area (Å²) in [6.45, 7) is 2.17. The van der Waals surface area contributed by atoms with Crippen LogP contribution in [0.2, 0.25) is 0 Å². The number of halogens is 3. The monoisotopic (exact) mass is 465 g/mol. The molecule has 1 aromatic heterocycles. The highest BCUT2D eigenvalue weighted by Crippen LogP contribution is 2.29. The van der Waals surface area contributed by atoms with Gasteiger partial charge in [0.15, 0.2) is 0 Å². The van der Waals surface area contributed by atoms with Gasteiger partial charge in [0.2, 0.25) is 0 Å². The number of aryl methyl sites for hydroxylation is 1. The smallest absolute Gasteiger partial charge is 0.406 e. The molecule has 0 aliphatic rings. The largest absolute Gasteiger partial charge is 0.573 e. The van der Waals surface area contributed by atoms with Crippen molar-refractivity contribution >= 4 is 22.9 Å². The van der Waals surface area contributed by atoms with Crippen LogP contribution in [0.15, 0.2) is 42.5 Å². The highest BCUT2D eigenvalue weighted by atomic mass is 32.1. The number of rotatable bonds is 8. The van der Waals surface area contributed by atoms with E-state index in [2.05, 4.69) is 21.9 Å². The van der Waals surface area contributed by atoms with Gasteiger partial charge in [-0.2, -0.15) is 0 Å². The molecular formula is C21H22F3N5O2S. The molecule has 0 aliphatic heterocycles. The SMILES string of the molecule is CCCCc1nnc(CN(N)C(=O)c2cc(-c3ccc(OC(F)(F)F)cc3)ccc2N)s1.